The largest absolute Gasteiger partial charge is 0.441 e. The molecule has 0 radical (unpaired) electrons. The molecule has 25 heavy (non-hydrogen) atoms. The lowest BCUT2D eigenvalue weighted by atomic mass is 9.85. The number of oxazole rings is 1. The zero-order valence-electron chi connectivity index (χ0n) is 14.6. The van der Waals surface area contributed by atoms with Crippen LogP contribution in [0.1, 0.15) is 43.6 Å². The van der Waals surface area contributed by atoms with E-state index in [4.69, 9.17) is 4.42 Å². The maximum Gasteiger partial charge on any atom is 0.237 e. The molecule has 2 fully saturated rings. The van der Waals surface area contributed by atoms with Crippen LogP contribution in [0.25, 0.3) is 11.1 Å². The topological polar surface area (TPSA) is 67.2 Å². The van der Waals surface area contributed by atoms with Crippen molar-refractivity contribution in [3.63, 3.8) is 0 Å². The van der Waals surface area contributed by atoms with E-state index in [1.807, 2.05) is 25.1 Å². The molecule has 2 heterocycles. The Morgan fingerprint density at radius 1 is 1.36 bits per heavy atom. The van der Waals surface area contributed by atoms with Crippen LogP contribution < -0.4 is 10.6 Å². The number of nitrogens with zero attached hydrogens (tertiary/aromatic N) is 1. The molecule has 2 aliphatic rings. The van der Waals surface area contributed by atoms with Gasteiger partial charge in [-0.15, -0.1) is 12.4 Å². The zero-order valence-corrected chi connectivity index (χ0v) is 15.4. The van der Waals surface area contributed by atoms with Crippen molar-refractivity contribution in [2.75, 3.05) is 6.54 Å². The molecular weight excluding hydrogens is 338 g/mol. The lowest BCUT2D eigenvalue weighted by Gasteiger charge is -2.24. The third-order valence-corrected chi connectivity index (χ3v) is 5.48. The summed E-state index contributed by atoms with van der Waals surface area (Å²) >= 11 is 0. The summed E-state index contributed by atoms with van der Waals surface area (Å²) in [7, 11) is 0. The highest BCUT2D eigenvalue weighted by Crippen LogP contribution is 2.33. The number of para-hydroxylation sites is 1. The summed E-state index contributed by atoms with van der Waals surface area (Å²) in [6, 6.07) is 6.46. The Labute approximate surface area is 154 Å². The number of benzene rings is 1. The molecule has 1 aliphatic carbocycles. The van der Waals surface area contributed by atoms with Crippen molar-refractivity contribution < 1.29 is 9.21 Å². The number of nitrogens with one attached hydrogen (secondary N) is 2. The molecule has 5 nitrogen and oxygen atoms in total. The summed E-state index contributed by atoms with van der Waals surface area (Å²) in [5.41, 5.74) is 2.85. The number of aryl methyl sites for hydroxylation is 1. The molecule has 0 spiro atoms. The molecule has 1 aliphatic heterocycles. The van der Waals surface area contributed by atoms with E-state index in [0.29, 0.717) is 30.8 Å². The van der Waals surface area contributed by atoms with Crippen molar-refractivity contribution in [3.8, 4) is 0 Å². The molecule has 1 saturated carbocycles. The highest BCUT2D eigenvalue weighted by Gasteiger charge is 2.37. The second kappa shape index (κ2) is 7.75. The van der Waals surface area contributed by atoms with Gasteiger partial charge in [-0.1, -0.05) is 25.0 Å². The Bertz CT molecular complexity index is 731. The summed E-state index contributed by atoms with van der Waals surface area (Å²) in [4.78, 5) is 16.9. The van der Waals surface area contributed by atoms with Crippen molar-refractivity contribution in [2.45, 2.75) is 57.5 Å². The molecule has 3 unspecified atom stereocenters. The molecule has 1 aromatic carbocycles. The van der Waals surface area contributed by atoms with Crippen molar-refractivity contribution in [2.24, 2.45) is 5.92 Å². The van der Waals surface area contributed by atoms with E-state index >= 15 is 0 Å². The minimum Gasteiger partial charge on any atom is -0.441 e. The normalized spacial score (nSPS) is 25.4. The first-order valence-corrected chi connectivity index (χ1v) is 9.09. The number of amides is 1. The quantitative estimate of drug-likeness (QED) is 0.875. The van der Waals surface area contributed by atoms with E-state index in [9.17, 15) is 4.79 Å². The summed E-state index contributed by atoms with van der Waals surface area (Å²) < 4.78 is 5.76. The predicted octanol–water partition coefficient (Wildman–Crippen LogP) is 3.14. The summed E-state index contributed by atoms with van der Waals surface area (Å²) in [6.07, 6.45) is 6.70. The maximum atomic E-state index is 12.4. The third kappa shape index (κ3) is 3.82. The van der Waals surface area contributed by atoms with Gasteiger partial charge in [0.15, 0.2) is 11.5 Å². The molecule has 1 saturated heterocycles. The SMILES string of the molecule is Cc1cccc2oc(CCNC(=O)C3CC4CCCCC4N3)nc12.Cl. The third-order valence-electron chi connectivity index (χ3n) is 5.48. The van der Waals surface area contributed by atoms with Gasteiger partial charge in [0.05, 0.1) is 6.04 Å². The number of carbonyl (C=O) groups excluding carboxylic acids is 1. The van der Waals surface area contributed by atoms with Gasteiger partial charge in [0, 0.05) is 19.0 Å². The van der Waals surface area contributed by atoms with Crippen molar-refractivity contribution >= 4 is 29.4 Å². The van der Waals surface area contributed by atoms with Gasteiger partial charge in [0.25, 0.3) is 0 Å². The Morgan fingerprint density at radius 3 is 3.00 bits per heavy atom. The number of rotatable bonds is 4. The van der Waals surface area contributed by atoms with E-state index < -0.39 is 0 Å². The minimum atomic E-state index is -0.0241. The van der Waals surface area contributed by atoms with Gasteiger partial charge in [0.1, 0.15) is 5.52 Å². The minimum absolute atomic E-state index is 0. The number of carbonyl (C=O) groups is 1. The molecule has 4 rings (SSSR count). The van der Waals surface area contributed by atoms with Gasteiger partial charge >= 0.3 is 0 Å². The average Bonchev–Trinajstić information content (AvgIpc) is 3.19. The summed E-state index contributed by atoms with van der Waals surface area (Å²) in [5.74, 6) is 1.50. The van der Waals surface area contributed by atoms with Crippen molar-refractivity contribution in [3.05, 3.63) is 29.7 Å². The van der Waals surface area contributed by atoms with Gasteiger partial charge < -0.3 is 15.1 Å². The fourth-order valence-electron chi connectivity index (χ4n) is 4.18. The highest BCUT2D eigenvalue weighted by molar-refractivity contribution is 5.85. The Balaban J connectivity index is 0.00000182. The lowest BCUT2D eigenvalue weighted by Crippen LogP contribution is -2.43. The number of aromatic nitrogens is 1. The van der Waals surface area contributed by atoms with E-state index in [2.05, 4.69) is 15.6 Å². The van der Waals surface area contributed by atoms with Crippen molar-refractivity contribution in [1.29, 1.82) is 0 Å². The van der Waals surface area contributed by atoms with Gasteiger partial charge in [-0.2, -0.15) is 0 Å². The Hall–Kier alpha value is -1.59. The monoisotopic (exact) mass is 363 g/mol. The highest BCUT2D eigenvalue weighted by atomic mass is 35.5. The first kappa shape index (κ1) is 18.2. The van der Waals surface area contributed by atoms with E-state index in [1.165, 1.54) is 25.7 Å². The maximum absolute atomic E-state index is 12.4. The molecular formula is C19H26ClN3O2. The van der Waals surface area contributed by atoms with Crippen LogP contribution in [0.3, 0.4) is 0 Å². The molecule has 2 N–H and O–H groups in total. The van der Waals surface area contributed by atoms with Crippen LogP contribution in [0.4, 0.5) is 0 Å². The van der Waals surface area contributed by atoms with Gasteiger partial charge in [-0.3, -0.25) is 4.79 Å². The number of halogens is 1. The van der Waals surface area contributed by atoms with Crippen LogP contribution in [0.15, 0.2) is 22.6 Å². The van der Waals surface area contributed by atoms with Crippen LogP contribution in [0.5, 0.6) is 0 Å². The smallest absolute Gasteiger partial charge is 0.237 e. The molecule has 3 atom stereocenters. The van der Waals surface area contributed by atoms with Gasteiger partial charge in [-0.05, 0) is 43.7 Å². The number of hydrogen-bond acceptors (Lipinski definition) is 4. The van der Waals surface area contributed by atoms with Crippen LogP contribution in [0, 0.1) is 12.8 Å². The molecule has 6 heteroatoms. The van der Waals surface area contributed by atoms with Crippen LogP contribution in [0.2, 0.25) is 0 Å². The molecule has 136 valence electrons. The van der Waals surface area contributed by atoms with E-state index in [1.54, 1.807) is 0 Å². The van der Waals surface area contributed by atoms with Crippen molar-refractivity contribution in [1.82, 2.24) is 15.6 Å². The molecule has 1 aromatic heterocycles. The number of hydrogen-bond donors (Lipinski definition) is 2. The summed E-state index contributed by atoms with van der Waals surface area (Å²) in [5, 5.41) is 6.56. The predicted molar refractivity (Wildman–Crippen MR) is 100.0 cm³/mol. The standard InChI is InChI=1S/C19H25N3O2.ClH/c1-12-5-4-8-16-18(12)22-17(24-16)9-10-20-19(23)15-11-13-6-2-3-7-14(13)21-15;/h4-5,8,13-15,21H,2-3,6-7,9-11H2,1H3,(H,20,23);1H. The molecule has 0 bridgehead atoms. The second-order valence-corrected chi connectivity index (χ2v) is 7.18. The average molecular weight is 364 g/mol. The first-order chi connectivity index (χ1) is 11.7. The van der Waals surface area contributed by atoms with Gasteiger partial charge in [0.2, 0.25) is 5.91 Å². The second-order valence-electron chi connectivity index (χ2n) is 7.18. The first-order valence-electron chi connectivity index (χ1n) is 9.09. The molecule has 1 amide bonds. The Morgan fingerprint density at radius 2 is 2.20 bits per heavy atom. The fraction of sp³-hybridized carbons (Fsp3) is 0.579. The lowest BCUT2D eigenvalue weighted by molar-refractivity contribution is -0.122. The van der Waals surface area contributed by atoms with E-state index in [-0.39, 0.29) is 24.4 Å². The van der Waals surface area contributed by atoms with Crippen LogP contribution in [-0.2, 0) is 11.2 Å². The zero-order chi connectivity index (χ0) is 16.5. The van der Waals surface area contributed by atoms with Gasteiger partial charge in [-0.25, -0.2) is 4.98 Å². The van der Waals surface area contributed by atoms with Crippen LogP contribution >= 0.6 is 12.4 Å². The summed E-state index contributed by atoms with van der Waals surface area (Å²) in [6.45, 7) is 2.60. The Kier molecular flexibility index (Phi) is 5.64. The fourth-order valence-corrected chi connectivity index (χ4v) is 4.18. The molecule has 2 aromatic rings. The van der Waals surface area contributed by atoms with E-state index in [0.717, 1.165) is 23.1 Å². The van der Waals surface area contributed by atoms with Crippen LogP contribution in [-0.4, -0.2) is 29.5 Å². The number of fused-ring (bicyclic) bond motifs is 2.